The molecule has 236 valence electrons. The predicted octanol–water partition coefficient (Wildman–Crippen LogP) is 4.82. The summed E-state index contributed by atoms with van der Waals surface area (Å²) in [5.41, 5.74) is -0.511. The number of nitrogens with one attached hydrogen (secondary N) is 1. The van der Waals surface area contributed by atoms with Gasteiger partial charge in [-0.15, -0.1) is 0 Å². The maximum absolute atomic E-state index is 14.4. The van der Waals surface area contributed by atoms with E-state index in [1.165, 1.54) is 20.2 Å². The predicted molar refractivity (Wildman–Crippen MR) is 164 cm³/mol. The molecule has 0 saturated carbocycles. The fourth-order valence-electron chi connectivity index (χ4n) is 5.33. The minimum Gasteiger partial charge on any atom is -0.465 e. The zero-order valence-corrected chi connectivity index (χ0v) is 26.3. The number of hydrogen-bond donors (Lipinski definition) is 3. The quantitative estimate of drug-likeness (QED) is 0.113. The highest BCUT2D eigenvalue weighted by molar-refractivity contribution is 7.52. The number of carbonyl (C=O) groups is 1. The smallest absolute Gasteiger partial charge is 0.459 e. The molecule has 13 heteroatoms. The number of aliphatic hydroxyl groups is 2. The van der Waals surface area contributed by atoms with E-state index in [2.05, 4.69) is 15.1 Å². The average molecular weight is 627 g/mol. The Kier molecular flexibility index (Phi) is 9.41. The maximum Gasteiger partial charge on any atom is 0.459 e. The van der Waals surface area contributed by atoms with Crippen LogP contribution < -0.4 is 9.61 Å². The lowest BCUT2D eigenvalue weighted by molar-refractivity contribution is -0.145. The molecule has 3 N–H and O–H groups in total. The molecule has 0 amide bonds. The van der Waals surface area contributed by atoms with E-state index in [-0.39, 0.29) is 12.4 Å². The highest BCUT2D eigenvalue weighted by Crippen LogP contribution is 2.50. The van der Waals surface area contributed by atoms with E-state index >= 15 is 0 Å². The molecular weight excluding hydrogens is 587 g/mol. The molecule has 1 fully saturated rings. The van der Waals surface area contributed by atoms with Crippen LogP contribution in [0.2, 0.25) is 0 Å². The fraction of sp³-hybridized carbons (Fsp3) is 0.452. The lowest BCUT2D eigenvalue weighted by Gasteiger charge is -2.30. The molecule has 3 heterocycles. The second kappa shape index (κ2) is 12.9. The number of nitrogens with zero attached hydrogens (tertiary/aromatic N) is 3. The zero-order valence-electron chi connectivity index (χ0n) is 25.4. The van der Waals surface area contributed by atoms with E-state index < -0.39 is 49.9 Å². The van der Waals surface area contributed by atoms with Gasteiger partial charge in [0.1, 0.15) is 41.6 Å². The molecule has 1 aliphatic heterocycles. The fourth-order valence-corrected chi connectivity index (χ4v) is 7.05. The van der Waals surface area contributed by atoms with Gasteiger partial charge < -0.3 is 28.8 Å². The molecule has 2 aromatic carbocycles. The van der Waals surface area contributed by atoms with Crippen molar-refractivity contribution in [3.63, 3.8) is 0 Å². The molecule has 44 heavy (non-hydrogen) atoms. The highest BCUT2D eigenvalue weighted by Gasteiger charge is 2.56. The van der Waals surface area contributed by atoms with Crippen molar-refractivity contribution in [2.45, 2.75) is 83.6 Å². The van der Waals surface area contributed by atoms with Gasteiger partial charge in [0.05, 0.1) is 18.4 Å². The van der Waals surface area contributed by atoms with Gasteiger partial charge in [-0.05, 0) is 51.6 Å². The van der Waals surface area contributed by atoms with Crippen molar-refractivity contribution in [3.05, 3.63) is 66.7 Å². The molecule has 4 aromatic rings. The number of benzene rings is 2. The third-order valence-corrected chi connectivity index (χ3v) is 9.59. The monoisotopic (exact) mass is 626 g/mol. The van der Waals surface area contributed by atoms with Crippen molar-refractivity contribution in [1.29, 1.82) is 0 Å². The Labute approximate surface area is 255 Å². The van der Waals surface area contributed by atoms with Crippen molar-refractivity contribution in [2.24, 2.45) is 0 Å². The first kappa shape index (κ1) is 32.0. The molecule has 5 rings (SSSR count). The van der Waals surface area contributed by atoms with Gasteiger partial charge in [0, 0.05) is 17.0 Å². The molecule has 1 saturated heterocycles. The van der Waals surface area contributed by atoms with Gasteiger partial charge in [-0.2, -0.15) is 5.09 Å². The van der Waals surface area contributed by atoms with E-state index in [0.29, 0.717) is 17.5 Å². The number of hydrogen-bond acceptors (Lipinski definition) is 10. The van der Waals surface area contributed by atoms with Crippen LogP contribution in [0.3, 0.4) is 0 Å². The number of rotatable bonds is 12. The number of carbonyl (C=O) groups excluding carboxylic acids is 1. The highest BCUT2D eigenvalue weighted by atomic mass is 31.2. The van der Waals surface area contributed by atoms with Crippen LogP contribution in [0.1, 0.15) is 52.5 Å². The van der Waals surface area contributed by atoms with Crippen LogP contribution in [0.25, 0.3) is 21.8 Å². The summed E-state index contributed by atoms with van der Waals surface area (Å²) in [4.78, 5) is 21.3. The summed E-state index contributed by atoms with van der Waals surface area (Å²) < 4.78 is 39.7. The second-order valence-corrected chi connectivity index (χ2v) is 12.9. The molecule has 1 unspecified atom stereocenters. The van der Waals surface area contributed by atoms with Crippen LogP contribution in [-0.2, 0) is 23.4 Å². The number of fused-ring (bicyclic) bond motifs is 2. The van der Waals surface area contributed by atoms with Crippen molar-refractivity contribution >= 4 is 35.5 Å². The molecular formula is C31H39N4O8P. The summed E-state index contributed by atoms with van der Waals surface area (Å²) in [5.74, 6) is -0.349. The van der Waals surface area contributed by atoms with E-state index in [0.717, 1.165) is 22.9 Å². The Morgan fingerprint density at radius 2 is 1.91 bits per heavy atom. The summed E-state index contributed by atoms with van der Waals surface area (Å²) in [6, 6.07) is 13.5. The first-order valence-corrected chi connectivity index (χ1v) is 16.2. The molecule has 0 radical (unpaired) electrons. The van der Waals surface area contributed by atoms with Gasteiger partial charge in [-0.3, -0.25) is 9.32 Å². The molecule has 12 nitrogen and oxygen atoms in total. The van der Waals surface area contributed by atoms with Crippen molar-refractivity contribution < 1.29 is 38.1 Å². The van der Waals surface area contributed by atoms with E-state index in [4.69, 9.17) is 18.5 Å². The minimum absolute atomic E-state index is 0.226. The summed E-state index contributed by atoms with van der Waals surface area (Å²) in [6.45, 7) is 8.56. The third kappa shape index (κ3) is 6.37. The Bertz CT molecular complexity index is 1670. The Morgan fingerprint density at radius 1 is 1.16 bits per heavy atom. The van der Waals surface area contributed by atoms with Crippen LogP contribution in [0.15, 0.2) is 61.1 Å². The minimum atomic E-state index is -4.35. The average Bonchev–Trinajstić information content (AvgIpc) is 3.51. The van der Waals surface area contributed by atoms with Crippen molar-refractivity contribution in [1.82, 2.24) is 19.6 Å². The molecule has 7 atom stereocenters. The van der Waals surface area contributed by atoms with Crippen LogP contribution >= 0.6 is 7.75 Å². The molecule has 0 spiro atoms. The topological polar surface area (TPSA) is 154 Å². The third-order valence-electron chi connectivity index (χ3n) is 7.84. The lowest BCUT2D eigenvalue weighted by Crippen LogP contribution is -2.46. The first-order chi connectivity index (χ1) is 20.9. The van der Waals surface area contributed by atoms with E-state index in [1.807, 2.05) is 44.2 Å². The number of aromatic nitrogens is 3. The number of ether oxygens (including phenoxy) is 2. The standard InChI is InChI=1S/C31H39N4O8P/c1-6-7-17-40-29(37)20(3)34-44(39,43-25-14-10-12-22-11-8-9-13-24(22)25)42-21(4)26-27(36)31(5,38)30(41-26)35-16-15-23-19(2)32-18-33-28(23)35/h8-16,18,20-21,26-27,30,36,38H,6-7,17H2,1-5H3,(H,34,39)/t20-,21+,26+,27+,30+,31+,44?/m0/s1. The number of aryl methyl sites for hydroxylation is 1. The van der Waals surface area contributed by atoms with Crippen molar-refractivity contribution in [2.75, 3.05) is 6.61 Å². The van der Waals surface area contributed by atoms with Gasteiger partial charge in [-0.1, -0.05) is 49.7 Å². The lowest BCUT2D eigenvalue weighted by atomic mass is 9.94. The Hall–Kier alpha value is -3.38. The summed E-state index contributed by atoms with van der Waals surface area (Å²) in [7, 11) is -4.35. The number of aliphatic hydroxyl groups excluding tert-OH is 1. The van der Waals surface area contributed by atoms with E-state index in [9.17, 15) is 19.6 Å². The molecule has 2 aromatic heterocycles. The second-order valence-electron chi connectivity index (χ2n) is 11.3. The van der Waals surface area contributed by atoms with Crippen LogP contribution in [-0.4, -0.2) is 67.3 Å². The largest absolute Gasteiger partial charge is 0.465 e. The Morgan fingerprint density at radius 3 is 2.68 bits per heavy atom. The maximum atomic E-state index is 14.4. The number of unbranched alkanes of at least 4 members (excludes halogenated alkanes) is 1. The summed E-state index contributed by atoms with van der Waals surface area (Å²) in [5, 5.41) is 27.7. The summed E-state index contributed by atoms with van der Waals surface area (Å²) in [6.07, 6.45) is -0.0875. The van der Waals surface area contributed by atoms with Gasteiger partial charge >= 0.3 is 13.7 Å². The zero-order chi connectivity index (χ0) is 31.6. The molecule has 0 bridgehead atoms. The van der Waals surface area contributed by atoms with Gasteiger partial charge in [-0.25, -0.2) is 14.5 Å². The van der Waals surface area contributed by atoms with Crippen LogP contribution in [0, 0.1) is 6.92 Å². The summed E-state index contributed by atoms with van der Waals surface area (Å²) >= 11 is 0. The van der Waals surface area contributed by atoms with Gasteiger partial charge in [0.2, 0.25) is 0 Å². The van der Waals surface area contributed by atoms with Crippen LogP contribution in [0.5, 0.6) is 5.75 Å². The normalized spacial score (nSPS) is 24.7. The van der Waals surface area contributed by atoms with Crippen LogP contribution in [0.4, 0.5) is 0 Å². The number of esters is 1. The van der Waals surface area contributed by atoms with E-state index in [1.54, 1.807) is 35.9 Å². The van der Waals surface area contributed by atoms with Gasteiger partial charge in [0.25, 0.3) is 0 Å². The van der Waals surface area contributed by atoms with Crippen molar-refractivity contribution in [3.8, 4) is 5.75 Å². The van der Waals surface area contributed by atoms with Gasteiger partial charge in [0.15, 0.2) is 6.23 Å². The molecule has 1 aliphatic rings. The SMILES string of the molecule is CCCCOC(=O)[C@H](C)NP(=O)(Oc1cccc2ccccc12)O[C@H](C)[C@H]1O[C@@H](n2ccc3c(C)ncnc32)[C@](C)(O)[C@@H]1O. The first-order valence-electron chi connectivity index (χ1n) is 14.7. The molecule has 0 aliphatic carbocycles. The Balaban J connectivity index is 1.42.